The highest BCUT2D eigenvalue weighted by Gasteiger charge is 2.04. The lowest BCUT2D eigenvalue weighted by molar-refractivity contribution is -0.127. The molecule has 0 unspecified atom stereocenters. The van der Waals surface area contributed by atoms with E-state index in [-0.39, 0.29) is 5.91 Å². The zero-order valence-electron chi connectivity index (χ0n) is 10.7. The van der Waals surface area contributed by atoms with Crippen LogP contribution >= 0.6 is 0 Å². The minimum absolute atomic E-state index is 0.0300. The lowest BCUT2D eigenvalue weighted by Crippen LogP contribution is -2.29. The normalized spacial score (nSPS) is 10.1. The number of hydrogen-bond donors (Lipinski definition) is 0. The first-order chi connectivity index (χ1) is 8.69. The number of amides is 1. The summed E-state index contributed by atoms with van der Waals surface area (Å²) in [6, 6.07) is 7.70. The molecule has 0 spiro atoms. The van der Waals surface area contributed by atoms with Crippen LogP contribution in [0, 0.1) is 12.3 Å². The van der Waals surface area contributed by atoms with E-state index in [9.17, 15) is 4.79 Å². The Morgan fingerprint density at radius 2 is 2.22 bits per heavy atom. The summed E-state index contributed by atoms with van der Waals surface area (Å²) < 4.78 is 5.23. The summed E-state index contributed by atoms with van der Waals surface area (Å²) in [5, 5.41) is 0. The molecule has 1 aromatic rings. The number of benzene rings is 1. The molecule has 1 rings (SSSR count). The summed E-state index contributed by atoms with van der Waals surface area (Å²) in [4.78, 5) is 12.9. The van der Waals surface area contributed by atoms with Gasteiger partial charge < -0.3 is 9.64 Å². The maximum absolute atomic E-state index is 11.3. The Bertz CT molecular complexity index is 472. The van der Waals surface area contributed by atoms with E-state index < -0.39 is 0 Å². The Kier molecular flexibility index (Phi) is 5.53. The largest absolute Gasteiger partial charge is 0.496 e. The molecule has 3 heteroatoms. The van der Waals surface area contributed by atoms with Gasteiger partial charge >= 0.3 is 0 Å². The van der Waals surface area contributed by atoms with Crippen molar-refractivity contribution in [1.29, 1.82) is 0 Å². The third-order valence-electron chi connectivity index (χ3n) is 2.49. The van der Waals surface area contributed by atoms with E-state index in [4.69, 9.17) is 11.2 Å². The van der Waals surface area contributed by atoms with Gasteiger partial charge in [-0.25, -0.2) is 0 Å². The average Bonchev–Trinajstić information content (AvgIpc) is 2.38. The van der Waals surface area contributed by atoms with Gasteiger partial charge in [-0.1, -0.05) is 36.3 Å². The van der Waals surface area contributed by atoms with Crippen LogP contribution in [0.2, 0.25) is 0 Å². The molecule has 18 heavy (non-hydrogen) atoms. The summed E-state index contributed by atoms with van der Waals surface area (Å²) >= 11 is 0. The van der Waals surface area contributed by atoms with Crippen LogP contribution in [0.25, 0.3) is 6.08 Å². The SMILES string of the molecule is C#CCN(CC=Cc1ccccc1OC)C(C)=O. The molecule has 0 aliphatic carbocycles. The molecular formula is C15H17NO2. The summed E-state index contributed by atoms with van der Waals surface area (Å²) in [6.07, 6.45) is 9.03. The van der Waals surface area contributed by atoms with Gasteiger partial charge in [0.2, 0.25) is 5.91 Å². The second-order valence-electron chi connectivity index (χ2n) is 3.75. The molecule has 0 aliphatic rings. The van der Waals surface area contributed by atoms with Crippen molar-refractivity contribution in [3.8, 4) is 18.1 Å². The average molecular weight is 243 g/mol. The Labute approximate surface area is 108 Å². The summed E-state index contributed by atoms with van der Waals surface area (Å²) in [7, 11) is 1.63. The number of rotatable bonds is 5. The van der Waals surface area contributed by atoms with Gasteiger partial charge in [-0.15, -0.1) is 6.42 Å². The number of carbonyl (C=O) groups is 1. The summed E-state index contributed by atoms with van der Waals surface area (Å²) in [5.41, 5.74) is 0.976. The number of ether oxygens (including phenoxy) is 1. The van der Waals surface area contributed by atoms with Crippen LogP contribution in [0.1, 0.15) is 12.5 Å². The zero-order chi connectivity index (χ0) is 13.4. The molecular weight excluding hydrogens is 226 g/mol. The number of terminal acetylenes is 1. The van der Waals surface area contributed by atoms with Crippen molar-refractivity contribution >= 4 is 12.0 Å². The molecule has 0 atom stereocenters. The number of nitrogens with zero attached hydrogens (tertiary/aromatic N) is 1. The minimum Gasteiger partial charge on any atom is -0.496 e. The van der Waals surface area contributed by atoms with Crippen LogP contribution < -0.4 is 4.74 Å². The van der Waals surface area contributed by atoms with Crippen LogP contribution in [0.5, 0.6) is 5.75 Å². The molecule has 1 amide bonds. The lowest BCUT2D eigenvalue weighted by atomic mass is 10.2. The Morgan fingerprint density at radius 1 is 1.50 bits per heavy atom. The molecule has 0 N–H and O–H groups in total. The van der Waals surface area contributed by atoms with Crippen molar-refractivity contribution in [3.63, 3.8) is 0 Å². The van der Waals surface area contributed by atoms with Gasteiger partial charge in [0.05, 0.1) is 13.7 Å². The minimum atomic E-state index is -0.0300. The molecule has 0 radical (unpaired) electrons. The molecule has 1 aromatic carbocycles. The molecule has 0 saturated carbocycles. The van der Waals surface area contributed by atoms with E-state index >= 15 is 0 Å². The van der Waals surface area contributed by atoms with Gasteiger partial charge in [-0.3, -0.25) is 4.79 Å². The van der Waals surface area contributed by atoms with Gasteiger partial charge in [-0.2, -0.15) is 0 Å². The maximum Gasteiger partial charge on any atom is 0.220 e. The van der Waals surface area contributed by atoms with Crippen LogP contribution in [-0.2, 0) is 4.79 Å². The predicted molar refractivity (Wildman–Crippen MR) is 73.1 cm³/mol. The standard InChI is InChI=1S/C15H17NO2/c1-4-11-16(13(2)17)12-7-9-14-8-5-6-10-15(14)18-3/h1,5-10H,11-12H2,2-3H3. The smallest absolute Gasteiger partial charge is 0.220 e. The number of methoxy groups -OCH3 is 1. The lowest BCUT2D eigenvalue weighted by Gasteiger charge is -2.15. The first kappa shape index (κ1) is 13.9. The van der Waals surface area contributed by atoms with E-state index in [0.29, 0.717) is 13.1 Å². The van der Waals surface area contributed by atoms with Gasteiger partial charge in [-0.05, 0) is 6.07 Å². The van der Waals surface area contributed by atoms with E-state index in [1.54, 1.807) is 12.0 Å². The highest BCUT2D eigenvalue weighted by atomic mass is 16.5. The van der Waals surface area contributed by atoms with Crippen molar-refractivity contribution in [1.82, 2.24) is 4.90 Å². The number of carbonyl (C=O) groups excluding carboxylic acids is 1. The molecule has 0 heterocycles. The Morgan fingerprint density at radius 3 is 2.83 bits per heavy atom. The van der Waals surface area contributed by atoms with Crippen molar-refractivity contribution in [2.75, 3.05) is 20.2 Å². The van der Waals surface area contributed by atoms with Crippen LogP contribution in [0.3, 0.4) is 0 Å². The van der Waals surface area contributed by atoms with Crippen molar-refractivity contribution in [2.45, 2.75) is 6.92 Å². The Hall–Kier alpha value is -2.21. The van der Waals surface area contributed by atoms with Crippen molar-refractivity contribution in [2.24, 2.45) is 0 Å². The molecule has 0 fully saturated rings. The first-order valence-electron chi connectivity index (χ1n) is 5.67. The fourth-order valence-corrected chi connectivity index (χ4v) is 1.53. The van der Waals surface area contributed by atoms with Crippen molar-refractivity contribution in [3.05, 3.63) is 35.9 Å². The zero-order valence-corrected chi connectivity index (χ0v) is 10.7. The maximum atomic E-state index is 11.3. The summed E-state index contributed by atoms with van der Waals surface area (Å²) in [6.45, 7) is 2.33. The molecule has 0 bridgehead atoms. The van der Waals surface area contributed by atoms with Crippen molar-refractivity contribution < 1.29 is 9.53 Å². The van der Waals surface area contributed by atoms with E-state index in [0.717, 1.165) is 11.3 Å². The predicted octanol–water partition coefficient (Wildman–Crippen LogP) is 2.19. The summed E-state index contributed by atoms with van der Waals surface area (Å²) in [5.74, 6) is 3.24. The first-order valence-corrected chi connectivity index (χ1v) is 5.67. The highest BCUT2D eigenvalue weighted by molar-refractivity contribution is 5.74. The van der Waals surface area contributed by atoms with Gasteiger partial charge in [0.15, 0.2) is 0 Å². The van der Waals surface area contributed by atoms with E-state index in [1.807, 2.05) is 36.4 Å². The quantitative estimate of drug-likeness (QED) is 0.742. The third-order valence-corrected chi connectivity index (χ3v) is 2.49. The monoisotopic (exact) mass is 243 g/mol. The molecule has 3 nitrogen and oxygen atoms in total. The highest BCUT2D eigenvalue weighted by Crippen LogP contribution is 2.18. The number of hydrogen-bond acceptors (Lipinski definition) is 2. The van der Waals surface area contributed by atoms with E-state index in [1.165, 1.54) is 6.92 Å². The van der Waals surface area contributed by atoms with Gasteiger partial charge in [0, 0.05) is 19.0 Å². The fraction of sp³-hybridized carbons (Fsp3) is 0.267. The van der Waals surface area contributed by atoms with Gasteiger partial charge in [0.25, 0.3) is 0 Å². The topological polar surface area (TPSA) is 29.5 Å². The van der Waals surface area contributed by atoms with Crippen LogP contribution in [0.4, 0.5) is 0 Å². The third kappa shape index (κ3) is 3.99. The van der Waals surface area contributed by atoms with Crippen LogP contribution in [0.15, 0.2) is 30.3 Å². The Balaban J connectivity index is 2.69. The molecule has 0 aromatic heterocycles. The molecule has 0 saturated heterocycles. The second kappa shape index (κ2) is 7.18. The molecule has 94 valence electrons. The number of para-hydroxylation sites is 1. The van der Waals surface area contributed by atoms with Crippen LogP contribution in [-0.4, -0.2) is 31.0 Å². The second-order valence-corrected chi connectivity index (χ2v) is 3.75. The fourth-order valence-electron chi connectivity index (χ4n) is 1.53. The van der Waals surface area contributed by atoms with Gasteiger partial charge in [0.1, 0.15) is 5.75 Å². The molecule has 0 aliphatic heterocycles. The van der Waals surface area contributed by atoms with E-state index in [2.05, 4.69) is 5.92 Å².